The SMILES string of the molecule is Cc1nn(C)c(C)c1CCNc1cnc(C(=O)O)cn1. The van der Waals surface area contributed by atoms with E-state index in [0.29, 0.717) is 12.4 Å². The van der Waals surface area contributed by atoms with Gasteiger partial charge in [-0.3, -0.25) is 4.68 Å². The standard InChI is InChI=1S/C13H17N5O2/c1-8-10(9(2)18(3)17-8)4-5-14-12-7-15-11(6-16-12)13(19)20/h6-7H,4-5H2,1-3H3,(H,14,16)(H,19,20). The Morgan fingerprint density at radius 3 is 2.60 bits per heavy atom. The summed E-state index contributed by atoms with van der Waals surface area (Å²) < 4.78 is 1.87. The van der Waals surface area contributed by atoms with Crippen molar-refractivity contribution in [3.63, 3.8) is 0 Å². The summed E-state index contributed by atoms with van der Waals surface area (Å²) in [4.78, 5) is 18.5. The summed E-state index contributed by atoms with van der Waals surface area (Å²) in [6.07, 6.45) is 3.49. The zero-order valence-electron chi connectivity index (χ0n) is 11.7. The van der Waals surface area contributed by atoms with Crippen molar-refractivity contribution >= 4 is 11.8 Å². The van der Waals surface area contributed by atoms with Gasteiger partial charge in [-0.15, -0.1) is 0 Å². The number of anilines is 1. The molecular formula is C13H17N5O2. The summed E-state index contributed by atoms with van der Waals surface area (Å²) in [5.74, 6) is -0.514. The maximum Gasteiger partial charge on any atom is 0.356 e. The summed E-state index contributed by atoms with van der Waals surface area (Å²) in [6, 6.07) is 0. The fraction of sp³-hybridized carbons (Fsp3) is 0.385. The van der Waals surface area contributed by atoms with Crippen molar-refractivity contribution in [2.75, 3.05) is 11.9 Å². The number of carboxylic acids is 1. The van der Waals surface area contributed by atoms with Gasteiger partial charge in [0.25, 0.3) is 0 Å². The molecule has 7 nitrogen and oxygen atoms in total. The monoisotopic (exact) mass is 275 g/mol. The van der Waals surface area contributed by atoms with Gasteiger partial charge in [0.2, 0.25) is 0 Å². The Balaban J connectivity index is 1.94. The number of nitrogens with one attached hydrogen (secondary N) is 1. The quantitative estimate of drug-likeness (QED) is 0.851. The first-order chi connectivity index (χ1) is 9.49. The van der Waals surface area contributed by atoms with E-state index in [-0.39, 0.29) is 5.69 Å². The van der Waals surface area contributed by atoms with Crippen molar-refractivity contribution in [1.29, 1.82) is 0 Å². The van der Waals surface area contributed by atoms with E-state index in [1.165, 1.54) is 18.0 Å². The summed E-state index contributed by atoms with van der Waals surface area (Å²) in [5, 5.41) is 16.2. The lowest BCUT2D eigenvalue weighted by Gasteiger charge is -2.06. The highest BCUT2D eigenvalue weighted by atomic mass is 16.4. The van der Waals surface area contributed by atoms with Crippen molar-refractivity contribution in [1.82, 2.24) is 19.7 Å². The molecule has 0 aliphatic rings. The second-order valence-corrected chi connectivity index (χ2v) is 4.54. The third-order valence-corrected chi connectivity index (χ3v) is 3.21. The molecule has 0 aliphatic heterocycles. The Kier molecular flexibility index (Phi) is 3.97. The van der Waals surface area contributed by atoms with Crippen LogP contribution < -0.4 is 5.32 Å². The molecule has 2 rings (SSSR count). The number of aromatic carboxylic acids is 1. The average Bonchev–Trinajstić information content (AvgIpc) is 2.65. The van der Waals surface area contributed by atoms with Gasteiger partial charge in [0, 0.05) is 19.3 Å². The maximum absolute atomic E-state index is 10.7. The number of aromatic nitrogens is 4. The topological polar surface area (TPSA) is 92.9 Å². The van der Waals surface area contributed by atoms with Gasteiger partial charge in [0.05, 0.1) is 18.1 Å². The summed E-state index contributed by atoms with van der Waals surface area (Å²) >= 11 is 0. The van der Waals surface area contributed by atoms with Gasteiger partial charge >= 0.3 is 5.97 Å². The number of rotatable bonds is 5. The molecule has 2 aromatic heterocycles. The number of hydrogen-bond donors (Lipinski definition) is 2. The molecule has 0 bridgehead atoms. The lowest BCUT2D eigenvalue weighted by Crippen LogP contribution is -2.09. The van der Waals surface area contributed by atoms with Gasteiger partial charge in [-0.25, -0.2) is 14.8 Å². The van der Waals surface area contributed by atoms with Crippen LogP contribution in [-0.4, -0.2) is 37.4 Å². The van der Waals surface area contributed by atoms with Gasteiger partial charge in [-0.2, -0.15) is 5.10 Å². The first-order valence-corrected chi connectivity index (χ1v) is 6.27. The molecule has 2 N–H and O–H groups in total. The van der Waals surface area contributed by atoms with Crippen LogP contribution in [0.25, 0.3) is 0 Å². The van der Waals surface area contributed by atoms with Crippen LogP contribution in [-0.2, 0) is 13.5 Å². The van der Waals surface area contributed by atoms with Gasteiger partial charge in [0.15, 0.2) is 5.69 Å². The molecule has 0 aromatic carbocycles. The van der Waals surface area contributed by atoms with E-state index < -0.39 is 5.97 Å². The van der Waals surface area contributed by atoms with Gasteiger partial charge in [0.1, 0.15) is 5.82 Å². The van der Waals surface area contributed by atoms with Crippen LogP contribution in [0.1, 0.15) is 27.4 Å². The Labute approximate surface area is 116 Å². The van der Waals surface area contributed by atoms with Crippen molar-refractivity contribution in [3.8, 4) is 0 Å². The number of carbonyl (C=O) groups is 1. The largest absolute Gasteiger partial charge is 0.476 e. The number of hydrogen-bond acceptors (Lipinski definition) is 5. The molecule has 0 amide bonds. The zero-order chi connectivity index (χ0) is 14.7. The van der Waals surface area contributed by atoms with E-state index in [2.05, 4.69) is 20.4 Å². The minimum Gasteiger partial charge on any atom is -0.476 e. The molecule has 0 atom stereocenters. The predicted octanol–water partition coefficient (Wildman–Crippen LogP) is 1.18. The van der Waals surface area contributed by atoms with Crippen LogP contribution in [0.4, 0.5) is 5.82 Å². The molecule has 106 valence electrons. The normalized spacial score (nSPS) is 10.6. The second-order valence-electron chi connectivity index (χ2n) is 4.54. The molecule has 0 radical (unpaired) electrons. The molecule has 0 saturated heterocycles. The van der Waals surface area contributed by atoms with Gasteiger partial charge in [-0.05, 0) is 25.8 Å². The van der Waals surface area contributed by atoms with Crippen molar-refractivity contribution in [3.05, 3.63) is 35.0 Å². The molecule has 0 saturated carbocycles. The number of carboxylic acid groups (broad SMARTS) is 1. The molecule has 0 spiro atoms. The molecule has 0 aliphatic carbocycles. The van der Waals surface area contributed by atoms with Gasteiger partial charge < -0.3 is 10.4 Å². The fourth-order valence-electron chi connectivity index (χ4n) is 2.02. The predicted molar refractivity (Wildman–Crippen MR) is 73.9 cm³/mol. The van der Waals surface area contributed by atoms with E-state index in [9.17, 15) is 4.79 Å². The molecule has 0 unspecified atom stereocenters. The van der Waals surface area contributed by atoms with E-state index in [4.69, 9.17) is 5.11 Å². The van der Waals surface area contributed by atoms with E-state index in [1.807, 2.05) is 25.6 Å². The lowest BCUT2D eigenvalue weighted by atomic mass is 10.1. The summed E-state index contributed by atoms with van der Waals surface area (Å²) in [5.41, 5.74) is 3.33. The molecular weight excluding hydrogens is 258 g/mol. The average molecular weight is 275 g/mol. The lowest BCUT2D eigenvalue weighted by molar-refractivity contribution is 0.0690. The van der Waals surface area contributed by atoms with Crippen LogP contribution in [0, 0.1) is 13.8 Å². The van der Waals surface area contributed by atoms with Crippen LogP contribution in [0.5, 0.6) is 0 Å². The minimum absolute atomic E-state index is 0.0606. The maximum atomic E-state index is 10.7. The van der Waals surface area contributed by atoms with Crippen LogP contribution >= 0.6 is 0 Å². The zero-order valence-corrected chi connectivity index (χ0v) is 11.7. The van der Waals surface area contributed by atoms with Crippen molar-refractivity contribution < 1.29 is 9.90 Å². The number of nitrogens with zero attached hydrogens (tertiary/aromatic N) is 4. The Hall–Kier alpha value is -2.44. The van der Waals surface area contributed by atoms with E-state index in [0.717, 1.165) is 17.8 Å². The van der Waals surface area contributed by atoms with Crippen molar-refractivity contribution in [2.45, 2.75) is 20.3 Å². The second kappa shape index (κ2) is 5.68. The molecule has 7 heteroatoms. The Bertz CT molecular complexity index is 618. The molecule has 20 heavy (non-hydrogen) atoms. The summed E-state index contributed by atoms with van der Waals surface area (Å²) in [6.45, 7) is 4.72. The number of aryl methyl sites for hydroxylation is 2. The van der Waals surface area contributed by atoms with Crippen LogP contribution in [0.2, 0.25) is 0 Å². The summed E-state index contributed by atoms with van der Waals surface area (Å²) in [7, 11) is 1.93. The van der Waals surface area contributed by atoms with Crippen LogP contribution in [0.15, 0.2) is 12.4 Å². The highest BCUT2D eigenvalue weighted by Crippen LogP contribution is 2.12. The third-order valence-electron chi connectivity index (χ3n) is 3.21. The highest BCUT2D eigenvalue weighted by molar-refractivity contribution is 5.84. The van der Waals surface area contributed by atoms with Gasteiger partial charge in [-0.1, -0.05) is 0 Å². The molecule has 2 aromatic rings. The fourth-order valence-corrected chi connectivity index (χ4v) is 2.02. The molecule has 0 fully saturated rings. The Morgan fingerprint density at radius 2 is 2.10 bits per heavy atom. The first kappa shape index (κ1) is 14.0. The van der Waals surface area contributed by atoms with E-state index >= 15 is 0 Å². The Morgan fingerprint density at radius 1 is 1.35 bits per heavy atom. The first-order valence-electron chi connectivity index (χ1n) is 6.27. The van der Waals surface area contributed by atoms with E-state index in [1.54, 1.807) is 0 Å². The minimum atomic E-state index is -1.08. The smallest absolute Gasteiger partial charge is 0.356 e. The third kappa shape index (κ3) is 2.93. The van der Waals surface area contributed by atoms with Crippen molar-refractivity contribution in [2.24, 2.45) is 7.05 Å². The highest BCUT2D eigenvalue weighted by Gasteiger charge is 2.09. The van der Waals surface area contributed by atoms with Crippen LogP contribution in [0.3, 0.4) is 0 Å². The molecule has 2 heterocycles.